The molecule has 4 nitrogen and oxygen atoms in total. The van der Waals surface area contributed by atoms with Gasteiger partial charge in [-0.15, -0.1) is 0 Å². The lowest BCUT2D eigenvalue weighted by molar-refractivity contribution is 0.761. The van der Waals surface area contributed by atoms with Crippen LogP contribution in [0.3, 0.4) is 0 Å². The Labute approximate surface area is 114 Å². The third-order valence-electron chi connectivity index (χ3n) is 3.11. The van der Waals surface area contributed by atoms with Crippen LogP contribution in [0.25, 0.3) is 0 Å². The van der Waals surface area contributed by atoms with Crippen LogP contribution in [0, 0.1) is 0 Å². The average molecular weight is 256 g/mol. The zero-order valence-corrected chi connectivity index (χ0v) is 11.5. The lowest BCUT2D eigenvalue weighted by Crippen LogP contribution is -2.25. The molecule has 0 fully saturated rings. The van der Waals surface area contributed by atoms with Crippen LogP contribution in [0.5, 0.6) is 0 Å². The summed E-state index contributed by atoms with van der Waals surface area (Å²) in [5, 5.41) is 0. The van der Waals surface area contributed by atoms with Crippen molar-refractivity contribution in [2.24, 2.45) is 5.73 Å². The predicted octanol–water partition coefficient (Wildman–Crippen LogP) is 2.52. The van der Waals surface area contributed by atoms with Crippen LogP contribution in [0.2, 0.25) is 0 Å². The topological polar surface area (TPSA) is 55.0 Å². The number of nitrogens with two attached hydrogens (primary N) is 1. The van der Waals surface area contributed by atoms with E-state index in [1.54, 1.807) is 0 Å². The molecule has 4 heteroatoms. The van der Waals surface area contributed by atoms with Gasteiger partial charge in [-0.3, -0.25) is 4.98 Å². The number of rotatable bonds is 5. The molecule has 2 aromatic heterocycles. The van der Waals surface area contributed by atoms with E-state index in [9.17, 15) is 0 Å². The Morgan fingerprint density at radius 2 is 1.95 bits per heavy atom. The summed E-state index contributed by atoms with van der Waals surface area (Å²) in [4.78, 5) is 10.8. The lowest BCUT2D eigenvalue weighted by Gasteiger charge is -2.25. The molecule has 1 atom stereocenters. The minimum absolute atomic E-state index is 0.0183. The molecule has 2 heterocycles. The van der Waals surface area contributed by atoms with E-state index in [0.29, 0.717) is 0 Å². The summed E-state index contributed by atoms with van der Waals surface area (Å²) in [6, 6.07) is 8.01. The predicted molar refractivity (Wildman–Crippen MR) is 77.8 cm³/mol. The molecule has 2 aromatic rings. The quantitative estimate of drug-likeness (QED) is 0.893. The molecule has 1 unspecified atom stereocenters. The van der Waals surface area contributed by atoms with Crippen molar-refractivity contribution in [2.75, 3.05) is 11.4 Å². The summed E-state index contributed by atoms with van der Waals surface area (Å²) in [7, 11) is 0. The highest BCUT2D eigenvalue weighted by molar-refractivity contribution is 5.48. The Morgan fingerprint density at radius 1 is 1.21 bits per heavy atom. The van der Waals surface area contributed by atoms with E-state index in [1.165, 1.54) is 5.56 Å². The molecule has 2 N–H and O–H groups in total. The van der Waals surface area contributed by atoms with Crippen LogP contribution in [-0.2, 0) is 6.54 Å². The molecule has 0 saturated heterocycles. The van der Waals surface area contributed by atoms with Crippen molar-refractivity contribution in [1.82, 2.24) is 9.97 Å². The fourth-order valence-corrected chi connectivity index (χ4v) is 2.07. The summed E-state index contributed by atoms with van der Waals surface area (Å²) in [6.07, 6.45) is 5.44. The van der Waals surface area contributed by atoms with E-state index in [2.05, 4.69) is 21.8 Å². The maximum Gasteiger partial charge on any atom is 0.133 e. The second-order valence-corrected chi connectivity index (χ2v) is 4.57. The molecule has 0 bridgehead atoms. The van der Waals surface area contributed by atoms with E-state index in [4.69, 9.17) is 5.73 Å². The van der Waals surface area contributed by atoms with Crippen molar-refractivity contribution in [3.63, 3.8) is 0 Å². The van der Waals surface area contributed by atoms with Gasteiger partial charge in [-0.05, 0) is 37.6 Å². The minimum Gasteiger partial charge on any atom is -0.352 e. The number of aromatic nitrogens is 2. The highest BCUT2D eigenvalue weighted by Crippen LogP contribution is 2.23. The minimum atomic E-state index is -0.0183. The number of nitrogens with zero attached hydrogens (tertiary/aromatic N) is 3. The Hall–Kier alpha value is -1.94. The molecule has 0 saturated carbocycles. The molecule has 0 aliphatic heterocycles. The Bertz CT molecular complexity index is 511. The fourth-order valence-electron chi connectivity index (χ4n) is 2.07. The van der Waals surface area contributed by atoms with Crippen LogP contribution < -0.4 is 10.6 Å². The van der Waals surface area contributed by atoms with Crippen molar-refractivity contribution in [1.29, 1.82) is 0 Å². The molecular weight excluding hydrogens is 236 g/mol. The summed E-state index contributed by atoms with van der Waals surface area (Å²) in [6.45, 7) is 5.82. The van der Waals surface area contributed by atoms with Crippen molar-refractivity contribution in [3.05, 3.63) is 54.0 Å². The van der Waals surface area contributed by atoms with Crippen LogP contribution >= 0.6 is 0 Å². The highest BCUT2D eigenvalue weighted by atomic mass is 15.2. The molecule has 0 aliphatic rings. The third kappa shape index (κ3) is 3.29. The van der Waals surface area contributed by atoms with E-state index in [1.807, 2.05) is 49.8 Å². The number of hydrogen-bond donors (Lipinski definition) is 1. The molecule has 0 spiro atoms. The fraction of sp³-hybridized carbons (Fsp3) is 0.333. The first-order valence-corrected chi connectivity index (χ1v) is 6.56. The first-order chi connectivity index (χ1) is 9.22. The zero-order chi connectivity index (χ0) is 13.7. The molecule has 19 heavy (non-hydrogen) atoms. The molecule has 0 radical (unpaired) electrons. The van der Waals surface area contributed by atoms with Crippen LogP contribution in [0.1, 0.15) is 31.0 Å². The first-order valence-electron chi connectivity index (χ1n) is 6.56. The highest BCUT2D eigenvalue weighted by Gasteiger charge is 2.13. The van der Waals surface area contributed by atoms with Crippen LogP contribution in [0.15, 0.2) is 42.9 Å². The lowest BCUT2D eigenvalue weighted by atomic mass is 10.1. The van der Waals surface area contributed by atoms with Gasteiger partial charge in [-0.25, -0.2) is 4.98 Å². The van der Waals surface area contributed by atoms with E-state index >= 15 is 0 Å². The van der Waals surface area contributed by atoms with Gasteiger partial charge in [0.1, 0.15) is 5.82 Å². The second kappa shape index (κ2) is 6.29. The maximum absolute atomic E-state index is 6.02. The molecule has 0 amide bonds. The SMILES string of the molecule is CCN(Cc1ccncc1)c1ncccc1C(C)N. The van der Waals surface area contributed by atoms with Crippen molar-refractivity contribution in [3.8, 4) is 0 Å². The van der Waals surface area contributed by atoms with Crippen molar-refractivity contribution >= 4 is 5.82 Å². The van der Waals surface area contributed by atoms with Gasteiger partial charge < -0.3 is 10.6 Å². The van der Waals surface area contributed by atoms with Gasteiger partial charge in [0, 0.05) is 43.3 Å². The normalized spacial score (nSPS) is 12.2. The van der Waals surface area contributed by atoms with Crippen LogP contribution in [0.4, 0.5) is 5.82 Å². The van der Waals surface area contributed by atoms with Crippen molar-refractivity contribution in [2.45, 2.75) is 26.4 Å². The van der Waals surface area contributed by atoms with Gasteiger partial charge in [0.15, 0.2) is 0 Å². The smallest absolute Gasteiger partial charge is 0.133 e. The van der Waals surface area contributed by atoms with Gasteiger partial charge in [-0.2, -0.15) is 0 Å². The first kappa shape index (κ1) is 13.5. The van der Waals surface area contributed by atoms with Gasteiger partial charge in [-0.1, -0.05) is 6.07 Å². The Balaban J connectivity index is 2.27. The number of pyridine rings is 2. The number of anilines is 1. The summed E-state index contributed by atoms with van der Waals surface area (Å²) in [5.74, 6) is 0.969. The molecule has 0 aromatic carbocycles. The third-order valence-corrected chi connectivity index (χ3v) is 3.11. The zero-order valence-electron chi connectivity index (χ0n) is 11.5. The van der Waals surface area contributed by atoms with E-state index in [0.717, 1.165) is 24.5 Å². The van der Waals surface area contributed by atoms with E-state index < -0.39 is 0 Å². The Morgan fingerprint density at radius 3 is 2.58 bits per heavy atom. The van der Waals surface area contributed by atoms with Gasteiger partial charge >= 0.3 is 0 Å². The monoisotopic (exact) mass is 256 g/mol. The van der Waals surface area contributed by atoms with Gasteiger partial charge in [0.05, 0.1) is 0 Å². The van der Waals surface area contributed by atoms with Gasteiger partial charge in [0.2, 0.25) is 0 Å². The molecule has 2 rings (SSSR count). The maximum atomic E-state index is 6.02. The largest absolute Gasteiger partial charge is 0.352 e. The summed E-state index contributed by atoms with van der Waals surface area (Å²) >= 11 is 0. The standard InChI is InChI=1S/C15H20N4/c1-3-19(11-13-6-9-17-10-7-13)15-14(12(2)16)5-4-8-18-15/h4-10,12H,3,11,16H2,1-2H3. The summed E-state index contributed by atoms with van der Waals surface area (Å²) < 4.78 is 0. The van der Waals surface area contributed by atoms with Crippen LogP contribution in [-0.4, -0.2) is 16.5 Å². The average Bonchev–Trinajstić information content (AvgIpc) is 2.46. The summed E-state index contributed by atoms with van der Waals surface area (Å²) in [5.41, 5.74) is 8.33. The molecule has 100 valence electrons. The van der Waals surface area contributed by atoms with Crippen molar-refractivity contribution < 1.29 is 0 Å². The molecule has 0 aliphatic carbocycles. The molecular formula is C15H20N4. The van der Waals surface area contributed by atoms with Gasteiger partial charge in [0.25, 0.3) is 0 Å². The Kier molecular flexibility index (Phi) is 4.47. The second-order valence-electron chi connectivity index (χ2n) is 4.57. The van der Waals surface area contributed by atoms with E-state index in [-0.39, 0.29) is 6.04 Å². The number of hydrogen-bond acceptors (Lipinski definition) is 4.